The second-order valence-electron chi connectivity index (χ2n) is 2.64. The van der Waals surface area contributed by atoms with Crippen LogP contribution in [0.3, 0.4) is 0 Å². The first-order chi connectivity index (χ1) is 6.27. The van der Waals surface area contributed by atoms with Gasteiger partial charge in [-0.2, -0.15) is 0 Å². The van der Waals surface area contributed by atoms with Gasteiger partial charge in [-0.3, -0.25) is 0 Å². The van der Waals surface area contributed by atoms with Crippen molar-refractivity contribution in [2.24, 2.45) is 0 Å². The molecule has 0 saturated heterocycles. The maximum Gasteiger partial charge on any atom is 0.131 e. The van der Waals surface area contributed by atoms with E-state index in [2.05, 4.69) is 10.9 Å². The second kappa shape index (κ2) is 4.36. The summed E-state index contributed by atoms with van der Waals surface area (Å²) in [5.74, 6) is 3.94. The summed E-state index contributed by atoms with van der Waals surface area (Å²) in [5, 5.41) is 0. The molecule has 0 aromatic carbocycles. The normalized spacial score (nSPS) is 9.23. The van der Waals surface area contributed by atoms with E-state index in [4.69, 9.17) is 12.2 Å². The number of nitrogen functional groups attached to an aromatic ring is 1. The summed E-state index contributed by atoms with van der Waals surface area (Å²) in [6.45, 7) is 3.43. The maximum atomic E-state index is 5.56. The fourth-order valence-corrected chi connectivity index (χ4v) is 1.08. The molecule has 3 heteroatoms. The molecule has 1 aromatic rings. The van der Waals surface area contributed by atoms with Crippen molar-refractivity contribution in [3.8, 4) is 12.3 Å². The van der Waals surface area contributed by atoms with Crippen LogP contribution in [0.1, 0.15) is 6.92 Å². The highest BCUT2D eigenvalue weighted by atomic mass is 15.2. The number of rotatable bonds is 3. The van der Waals surface area contributed by atoms with E-state index in [0.29, 0.717) is 12.4 Å². The van der Waals surface area contributed by atoms with Crippen LogP contribution in [0.2, 0.25) is 0 Å². The van der Waals surface area contributed by atoms with Crippen LogP contribution in [0.25, 0.3) is 0 Å². The Bertz CT molecular complexity index is 314. The fourth-order valence-electron chi connectivity index (χ4n) is 1.08. The van der Waals surface area contributed by atoms with Crippen LogP contribution in [0.4, 0.5) is 11.6 Å². The highest BCUT2D eigenvalue weighted by Gasteiger charge is 2.02. The van der Waals surface area contributed by atoms with Gasteiger partial charge in [0.25, 0.3) is 0 Å². The molecule has 0 bridgehead atoms. The molecule has 0 unspecified atom stereocenters. The molecule has 13 heavy (non-hydrogen) atoms. The lowest BCUT2D eigenvalue weighted by Gasteiger charge is -2.18. The first-order valence-corrected chi connectivity index (χ1v) is 4.19. The molecule has 68 valence electrons. The zero-order valence-electron chi connectivity index (χ0n) is 7.70. The first kappa shape index (κ1) is 9.40. The summed E-state index contributed by atoms with van der Waals surface area (Å²) in [6, 6.07) is 5.53. The molecule has 2 N–H and O–H groups in total. The Balaban J connectivity index is 2.86. The van der Waals surface area contributed by atoms with E-state index in [9.17, 15) is 0 Å². The van der Waals surface area contributed by atoms with Crippen molar-refractivity contribution in [2.75, 3.05) is 23.7 Å². The minimum Gasteiger partial charge on any atom is -0.384 e. The number of terminal acetylenes is 1. The van der Waals surface area contributed by atoms with Gasteiger partial charge in [-0.05, 0) is 19.1 Å². The van der Waals surface area contributed by atoms with Crippen LogP contribution in [-0.4, -0.2) is 18.1 Å². The largest absolute Gasteiger partial charge is 0.384 e. The monoisotopic (exact) mass is 175 g/mol. The van der Waals surface area contributed by atoms with Crippen molar-refractivity contribution >= 4 is 11.6 Å². The Morgan fingerprint density at radius 1 is 1.62 bits per heavy atom. The summed E-state index contributed by atoms with van der Waals surface area (Å²) in [5.41, 5.74) is 5.56. The lowest BCUT2D eigenvalue weighted by Crippen LogP contribution is -2.23. The van der Waals surface area contributed by atoms with Gasteiger partial charge in [0.2, 0.25) is 0 Å². The Morgan fingerprint density at radius 3 is 2.92 bits per heavy atom. The van der Waals surface area contributed by atoms with Crippen molar-refractivity contribution < 1.29 is 0 Å². The van der Waals surface area contributed by atoms with Gasteiger partial charge in [0.05, 0.1) is 6.54 Å². The molecule has 0 aliphatic carbocycles. The summed E-state index contributed by atoms with van der Waals surface area (Å²) in [6.07, 6.45) is 5.23. The third-order valence-corrected chi connectivity index (χ3v) is 1.74. The fraction of sp³-hybridized carbons (Fsp3) is 0.300. The first-order valence-electron chi connectivity index (χ1n) is 4.19. The number of anilines is 2. The summed E-state index contributed by atoms with van der Waals surface area (Å²) in [4.78, 5) is 6.15. The Morgan fingerprint density at radius 2 is 2.38 bits per heavy atom. The van der Waals surface area contributed by atoms with Gasteiger partial charge in [-0.15, -0.1) is 6.42 Å². The van der Waals surface area contributed by atoms with Crippen molar-refractivity contribution in [3.05, 3.63) is 18.2 Å². The van der Waals surface area contributed by atoms with E-state index in [1.807, 2.05) is 24.0 Å². The van der Waals surface area contributed by atoms with Gasteiger partial charge in [0.1, 0.15) is 11.6 Å². The molecular formula is C10H13N3. The van der Waals surface area contributed by atoms with Crippen molar-refractivity contribution in [2.45, 2.75) is 6.92 Å². The van der Waals surface area contributed by atoms with Crippen molar-refractivity contribution in [1.82, 2.24) is 4.98 Å². The number of pyridine rings is 1. The van der Waals surface area contributed by atoms with E-state index in [1.54, 1.807) is 6.07 Å². The Hall–Kier alpha value is -1.69. The predicted octanol–water partition coefficient (Wildman–Crippen LogP) is 1.12. The molecule has 1 rings (SSSR count). The molecule has 0 spiro atoms. The number of hydrogen-bond donors (Lipinski definition) is 1. The lowest BCUT2D eigenvalue weighted by molar-refractivity contribution is 0.895. The highest BCUT2D eigenvalue weighted by Crippen LogP contribution is 2.11. The van der Waals surface area contributed by atoms with Gasteiger partial charge in [0.15, 0.2) is 0 Å². The topological polar surface area (TPSA) is 42.1 Å². The molecule has 0 fully saturated rings. The minimum absolute atomic E-state index is 0.521. The SMILES string of the molecule is C#CCN(CC)c1cccc(N)n1. The van der Waals surface area contributed by atoms with Gasteiger partial charge < -0.3 is 10.6 Å². The molecule has 0 saturated carbocycles. The van der Waals surface area contributed by atoms with E-state index in [-0.39, 0.29) is 0 Å². The quantitative estimate of drug-likeness (QED) is 0.700. The third-order valence-electron chi connectivity index (χ3n) is 1.74. The summed E-state index contributed by atoms with van der Waals surface area (Å²) in [7, 11) is 0. The van der Waals surface area contributed by atoms with E-state index < -0.39 is 0 Å². The zero-order valence-corrected chi connectivity index (χ0v) is 7.70. The number of nitrogens with two attached hydrogens (primary N) is 1. The van der Waals surface area contributed by atoms with Crippen LogP contribution in [0.5, 0.6) is 0 Å². The van der Waals surface area contributed by atoms with Gasteiger partial charge >= 0.3 is 0 Å². The standard InChI is InChI=1S/C10H13N3/c1-3-8-13(4-2)10-7-5-6-9(11)12-10/h1,5-7H,4,8H2,2H3,(H2,11,12). The average molecular weight is 175 g/mol. The molecule has 0 aliphatic rings. The average Bonchev–Trinajstić information content (AvgIpc) is 2.14. The highest BCUT2D eigenvalue weighted by molar-refractivity contribution is 5.45. The maximum absolute atomic E-state index is 5.56. The van der Waals surface area contributed by atoms with Crippen LogP contribution in [-0.2, 0) is 0 Å². The molecule has 1 heterocycles. The van der Waals surface area contributed by atoms with Crippen LogP contribution in [0.15, 0.2) is 18.2 Å². The molecule has 0 radical (unpaired) electrons. The molecule has 0 aliphatic heterocycles. The van der Waals surface area contributed by atoms with Gasteiger partial charge in [0, 0.05) is 6.54 Å². The number of hydrogen-bond acceptors (Lipinski definition) is 3. The minimum atomic E-state index is 0.521. The summed E-state index contributed by atoms with van der Waals surface area (Å²) < 4.78 is 0. The van der Waals surface area contributed by atoms with E-state index in [1.165, 1.54) is 0 Å². The van der Waals surface area contributed by atoms with Crippen molar-refractivity contribution in [3.63, 3.8) is 0 Å². The van der Waals surface area contributed by atoms with Gasteiger partial charge in [-0.1, -0.05) is 12.0 Å². The molecule has 0 amide bonds. The molecular weight excluding hydrogens is 162 g/mol. The molecule has 0 atom stereocenters. The Kier molecular flexibility index (Phi) is 3.15. The van der Waals surface area contributed by atoms with Gasteiger partial charge in [-0.25, -0.2) is 4.98 Å². The van der Waals surface area contributed by atoms with E-state index in [0.717, 1.165) is 12.4 Å². The Labute approximate surface area is 78.6 Å². The van der Waals surface area contributed by atoms with Crippen LogP contribution >= 0.6 is 0 Å². The molecule has 1 aromatic heterocycles. The second-order valence-corrected chi connectivity index (χ2v) is 2.64. The van der Waals surface area contributed by atoms with E-state index >= 15 is 0 Å². The van der Waals surface area contributed by atoms with Crippen LogP contribution < -0.4 is 10.6 Å². The smallest absolute Gasteiger partial charge is 0.131 e. The third kappa shape index (κ3) is 2.38. The number of aromatic nitrogens is 1. The predicted molar refractivity (Wildman–Crippen MR) is 55.4 cm³/mol. The van der Waals surface area contributed by atoms with Crippen molar-refractivity contribution in [1.29, 1.82) is 0 Å². The summed E-state index contributed by atoms with van der Waals surface area (Å²) >= 11 is 0. The lowest BCUT2D eigenvalue weighted by atomic mass is 10.4. The molecule has 3 nitrogen and oxygen atoms in total. The van der Waals surface area contributed by atoms with Crippen LogP contribution in [0, 0.1) is 12.3 Å². The number of nitrogens with zero attached hydrogens (tertiary/aromatic N) is 2. The zero-order chi connectivity index (χ0) is 9.68.